The molecule has 0 aliphatic heterocycles. The van der Waals surface area contributed by atoms with Crippen LogP contribution in [0.5, 0.6) is 0 Å². The lowest BCUT2D eigenvalue weighted by molar-refractivity contribution is 0.0945. The highest BCUT2D eigenvalue weighted by Gasteiger charge is 2.19. The van der Waals surface area contributed by atoms with E-state index in [2.05, 4.69) is 10.4 Å². The Hall–Kier alpha value is -1.71. The molecule has 19 heavy (non-hydrogen) atoms. The van der Waals surface area contributed by atoms with Gasteiger partial charge in [0.05, 0.1) is 5.56 Å². The van der Waals surface area contributed by atoms with Gasteiger partial charge >= 0.3 is 0 Å². The minimum atomic E-state index is -3.86. The molecule has 0 aliphatic carbocycles. The summed E-state index contributed by atoms with van der Waals surface area (Å²) in [6, 6.07) is 1.60. The summed E-state index contributed by atoms with van der Waals surface area (Å²) in [6.45, 7) is 1.68. The van der Waals surface area contributed by atoms with E-state index < -0.39 is 15.9 Å². The molecule has 0 saturated carbocycles. The standard InChI is InChI=1S/C10H12N4O3S2/c1-7-11-9(5-14(7)2)19(16,17)13-12-10(15)8-3-4-18-6-8/h3-6,13H,1-2H3,(H,12,15). The number of hydrogen-bond donors (Lipinski definition) is 2. The van der Waals surface area contributed by atoms with Crippen molar-refractivity contribution in [2.24, 2.45) is 7.05 Å². The predicted molar refractivity (Wildman–Crippen MR) is 70.1 cm³/mol. The van der Waals surface area contributed by atoms with Gasteiger partial charge in [-0.1, -0.05) is 0 Å². The molecule has 102 valence electrons. The van der Waals surface area contributed by atoms with Gasteiger partial charge in [-0.2, -0.15) is 11.3 Å². The summed E-state index contributed by atoms with van der Waals surface area (Å²) < 4.78 is 25.3. The molecule has 9 heteroatoms. The largest absolute Gasteiger partial charge is 0.337 e. The molecule has 2 N–H and O–H groups in total. The molecular formula is C10H12N4O3S2. The van der Waals surface area contributed by atoms with Gasteiger partial charge < -0.3 is 4.57 Å². The Morgan fingerprint density at radius 3 is 2.74 bits per heavy atom. The van der Waals surface area contributed by atoms with Crippen LogP contribution < -0.4 is 10.3 Å². The highest BCUT2D eigenvalue weighted by molar-refractivity contribution is 7.89. The molecule has 7 nitrogen and oxygen atoms in total. The molecule has 2 aromatic rings. The summed E-state index contributed by atoms with van der Waals surface area (Å²) >= 11 is 1.35. The van der Waals surface area contributed by atoms with Crippen LogP contribution in [0.15, 0.2) is 28.0 Å². The van der Waals surface area contributed by atoms with Gasteiger partial charge in [-0.3, -0.25) is 10.2 Å². The van der Waals surface area contributed by atoms with E-state index in [1.807, 2.05) is 4.83 Å². The van der Waals surface area contributed by atoms with E-state index >= 15 is 0 Å². The molecule has 2 rings (SSSR count). The average molecular weight is 300 g/mol. The number of sulfonamides is 1. The van der Waals surface area contributed by atoms with Crippen LogP contribution in [-0.4, -0.2) is 23.9 Å². The van der Waals surface area contributed by atoms with E-state index in [9.17, 15) is 13.2 Å². The molecule has 0 aromatic carbocycles. The maximum atomic E-state index is 11.9. The quantitative estimate of drug-likeness (QED) is 0.800. The second kappa shape index (κ2) is 5.11. The third kappa shape index (κ3) is 3.00. The van der Waals surface area contributed by atoms with Gasteiger partial charge in [-0.15, -0.1) is 4.83 Å². The third-order valence-electron chi connectivity index (χ3n) is 2.44. The molecule has 0 bridgehead atoms. The lowest BCUT2D eigenvalue weighted by Gasteiger charge is -2.05. The molecule has 0 aliphatic rings. The first-order chi connectivity index (χ1) is 8.90. The van der Waals surface area contributed by atoms with Gasteiger partial charge in [-0.25, -0.2) is 13.4 Å². The van der Waals surface area contributed by atoms with Crippen molar-refractivity contribution in [3.8, 4) is 0 Å². The molecule has 2 heterocycles. The van der Waals surface area contributed by atoms with Crippen LogP contribution in [0.1, 0.15) is 16.2 Å². The average Bonchev–Trinajstić information content (AvgIpc) is 2.98. The number of carbonyl (C=O) groups excluding carboxylic acids is 1. The van der Waals surface area contributed by atoms with Crippen LogP contribution in [0.25, 0.3) is 0 Å². The van der Waals surface area contributed by atoms with Gasteiger partial charge in [0.15, 0.2) is 5.03 Å². The zero-order valence-corrected chi connectivity index (χ0v) is 11.9. The second-order valence-electron chi connectivity index (χ2n) is 3.81. The monoisotopic (exact) mass is 300 g/mol. The number of hydrazine groups is 1. The number of hydrogen-bond acceptors (Lipinski definition) is 5. The molecular weight excluding hydrogens is 288 g/mol. The van der Waals surface area contributed by atoms with Crippen molar-refractivity contribution in [1.82, 2.24) is 19.8 Å². The van der Waals surface area contributed by atoms with E-state index in [0.717, 1.165) is 0 Å². The molecule has 0 atom stereocenters. The summed E-state index contributed by atoms with van der Waals surface area (Å²) in [5.41, 5.74) is 2.53. The number of nitrogens with one attached hydrogen (secondary N) is 2. The number of thiophene rings is 1. The smallest absolute Gasteiger partial charge is 0.276 e. The fourth-order valence-corrected chi connectivity index (χ4v) is 2.80. The first-order valence-corrected chi connectivity index (χ1v) is 7.67. The second-order valence-corrected chi connectivity index (χ2v) is 6.22. The minimum absolute atomic E-state index is 0.141. The van der Waals surface area contributed by atoms with Crippen molar-refractivity contribution in [3.05, 3.63) is 34.4 Å². The van der Waals surface area contributed by atoms with Crippen LogP contribution >= 0.6 is 11.3 Å². The third-order valence-corrected chi connectivity index (χ3v) is 4.25. The van der Waals surface area contributed by atoms with Crippen molar-refractivity contribution in [3.63, 3.8) is 0 Å². The van der Waals surface area contributed by atoms with Crippen molar-refractivity contribution in [1.29, 1.82) is 0 Å². The lowest BCUT2D eigenvalue weighted by atomic mass is 10.3. The Morgan fingerprint density at radius 2 is 2.21 bits per heavy atom. The Balaban J connectivity index is 2.08. The molecule has 0 saturated heterocycles. The van der Waals surface area contributed by atoms with Crippen LogP contribution in [0, 0.1) is 6.92 Å². The lowest BCUT2D eigenvalue weighted by Crippen LogP contribution is -2.41. The highest BCUT2D eigenvalue weighted by Crippen LogP contribution is 2.07. The van der Waals surface area contributed by atoms with Crippen molar-refractivity contribution < 1.29 is 13.2 Å². The van der Waals surface area contributed by atoms with Gasteiger partial charge in [0.25, 0.3) is 15.9 Å². The fourth-order valence-electron chi connectivity index (χ4n) is 1.29. The number of amides is 1. The van der Waals surface area contributed by atoms with E-state index in [4.69, 9.17) is 0 Å². The molecule has 0 radical (unpaired) electrons. The molecule has 2 aromatic heterocycles. The first kappa shape index (κ1) is 13.7. The maximum Gasteiger partial charge on any atom is 0.276 e. The SMILES string of the molecule is Cc1nc(S(=O)(=O)NNC(=O)c2ccsc2)cn1C. The normalized spacial score (nSPS) is 11.5. The summed E-state index contributed by atoms with van der Waals surface area (Å²) in [4.78, 5) is 17.5. The predicted octanol–water partition coefficient (Wildman–Crippen LogP) is 0.413. The van der Waals surface area contributed by atoms with Crippen molar-refractivity contribution >= 4 is 27.3 Å². The van der Waals surface area contributed by atoms with E-state index in [1.165, 1.54) is 17.5 Å². The van der Waals surface area contributed by atoms with Gasteiger partial charge in [0.1, 0.15) is 5.82 Å². The van der Waals surface area contributed by atoms with E-state index in [0.29, 0.717) is 11.4 Å². The van der Waals surface area contributed by atoms with Crippen LogP contribution in [0.4, 0.5) is 0 Å². The van der Waals surface area contributed by atoms with Gasteiger partial charge in [0.2, 0.25) is 0 Å². The Morgan fingerprint density at radius 1 is 1.47 bits per heavy atom. The van der Waals surface area contributed by atoms with Crippen LogP contribution in [0.3, 0.4) is 0 Å². The first-order valence-electron chi connectivity index (χ1n) is 5.24. The Bertz CT molecular complexity index is 669. The Labute approximate surface area is 114 Å². The van der Waals surface area contributed by atoms with Gasteiger partial charge in [-0.05, 0) is 18.4 Å². The number of aromatic nitrogens is 2. The van der Waals surface area contributed by atoms with E-state index in [-0.39, 0.29) is 5.03 Å². The Kier molecular flexibility index (Phi) is 3.69. The van der Waals surface area contributed by atoms with Crippen LogP contribution in [0.2, 0.25) is 0 Å². The number of rotatable bonds is 4. The summed E-state index contributed by atoms with van der Waals surface area (Å²) in [7, 11) is -2.17. The number of nitrogens with zero attached hydrogens (tertiary/aromatic N) is 2. The maximum absolute atomic E-state index is 11.9. The van der Waals surface area contributed by atoms with Gasteiger partial charge in [0, 0.05) is 18.6 Å². The van der Waals surface area contributed by atoms with Crippen LogP contribution in [-0.2, 0) is 17.1 Å². The van der Waals surface area contributed by atoms with E-state index in [1.54, 1.807) is 35.4 Å². The fraction of sp³-hybridized carbons (Fsp3) is 0.200. The molecule has 0 spiro atoms. The molecule has 0 fully saturated rings. The summed E-state index contributed by atoms with van der Waals surface area (Å²) in [5.74, 6) is 0.0435. The summed E-state index contributed by atoms with van der Waals surface area (Å²) in [5, 5.41) is 3.21. The molecule has 1 amide bonds. The highest BCUT2D eigenvalue weighted by atomic mass is 32.2. The number of carbonyl (C=O) groups is 1. The topological polar surface area (TPSA) is 93.1 Å². The van der Waals surface area contributed by atoms with Crippen molar-refractivity contribution in [2.75, 3.05) is 0 Å². The summed E-state index contributed by atoms with van der Waals surface area (Å²) in [6.07, 6.45) is 1.37. The molecule has 0 unspecified atom stereocenters. The zero-order chi connectivity index (χ0) is 14.0. The number of aryl methyl sites for hydroxylation is 2. The minimum Gasteiger partial charge on any atom is -0.337 e. The number of imidazole rings is 1. The van der Waals surface area contributed by atoms with Crippen molar-refractivity contribution in [2.45, 2.75) is 11.9 Å². The zero-order valence-electron chi connectivity index (χ0n) is 10.2.